The van der Waals surface area contributed by atoms with Crippen molar-refractivity contribution in [2.45, 2.75) is 39.0 Å². The van der Waals surface area contributed by atoms with E-state index in [1.165, 1.54) is 7.11 Å². The standard InChI is InChI=1S/C11H18O4/c1-3-8-4-6-11(7-5-8,9(12)13)10(14)15-2/h8H,3-7H2,1-2H3,(H,12,13). The fourth-order valence-corrected chi connectivity index (χ4v) is 2.28. The number of carbonyl (C=O) groups is 2. The molecule has 1 aliphatic carbocycles. The van der Waals surface area contributed by atoms with E-state index < -0.39 is 17.4 Å². The molecule has 0 aromatic heterocycles. The predicted molar refractivity (Wildman–Crippen MR) is 54.3 cm³/mol. The van der Waals surface area contributed by atoms with Crippen LogP contribution in [0.1, 0.15) is 39.0 Å². The molecule has 0 radical (unpaired) electrons. The summed E-state index contributed by atoms with van der Waals surface area (Å²) < 4.78 is 4.60. The average molecular weight is 214 g/mol. The third-order valence-electron chi connectivity index (χ3n) is 3.52. The first-order valence-corrected chi connectivity index (χ1v) is 5.38. The van der Waals surface area contributed by atoms with Crippen LogP contribution < -0.4 is 0 Å². The number of carboxylic acid groups (broad SMARTS) is 1. The molecule has 1 aliphatic rings. The summed E-state index contributed by atoms with van der Waals surface area (Å²) in [6.07, 6.45) is 3.48. The predicted octanol–water partition coefficient (Wildman–Crippen LogP) is 1.83. The van der Waals surface area contributed by atoms with Crippen LogP contribution in [0.3, 0.4) is 0 Å². The van der Waals surface area contributed by atoms with Gasteiger partial charge in [0.15, 0.2) is 5.41 Å². The summed E-state index contributed by atoms with van der Waals surface area (Å²) in [5.74, 6) is -1.07. The molecule has 0 aromatic carbocycles. The second-order valence-electron chi connectivity index (χ2n) is 4.23. The summed E-state index contributed by atoms with van der Waals surface area (Å²) in [6.45, 7) is 2.09. The van der Waals surface area contributed by atoms with Crippen LogP contribution in [0.15, 0.2) is 0 Å². The lowest BCUT2D eigenvalue weighted by atomic mass is 9.70. The van der Waals surface area contributed by atoms with Gasteiger partial charge in [0.1, 0.15) is 0 Å². The van der Waals surface area contributed by atoms with Gasteiger partial charge in [0.05, 0.1) is 7.11 Å². The van der Waals surface area contributed by atoms with Gasteiger partial charge >= 0.3 is 11.9 Å². The van der Waals surface area contributed by atoms with Gasteiger partial charge in [0, 0.05) is 0 Å². The Labute approximate surface area is 89.6 Å². The topological polar surface area (TPSA) is 63.6 Å². The third kappa shape index (κ3) is 2.13. The highest BCUT2D eigenvalue weighted by molar-refractivity contribution is 5.99. The van der Waals surface area contributed by atoms with Crippen LogP contribution in [-0.2, 0) is 14.3 Å². The van der Waals surface area contributed by atoms with Crippen LogP contribution in [-0.4, -0.2) is 24.2 Å². The first-order valence-electron chi connectivity index (χ1n) is 5.38. The molecule has 4 nitrogen and oxygen atoms in total. The Kier molecular flexibility index (Phi) is 3.72. The molecule has 1 N–H and O–H groups in total. The Bertz CT molecular complexity index is 251. The molecule has 0 saturated heterocycles. The molecule has 1 saturated carbocycles. The van der Waals surface area contributed by atoms with Gasteiger partial charge in [-0.25, -0.2) is 0 Å². The fraction of sp³-hybridized carbons (Fsp3) is 0.818. The molecule has 0 aromatic rings. The van der Waals surface area contributed by atoms with E-state index in [4.69, 9.17) is 5.11 Å². The lowest BCUT2D eigenvalue weighted by molar-refractivity contribution is -0.170. The van der Waals surface area contributed by atoms with Crippen LogP contribution in [0, 0.1) is 11.3 Å². The number of carboxylic acids is 1. The maximum absolute atomic E-state index is 11.5. The number of carbonyl (C=O) groups excluding carboxylic acids is 1. The van der Waals surface area contributed by atoms with E-state index in [-0.39, 0.29) is 0 Å². The van der Waals surface area contributed by atoms with Gasteiger partial charge in [0.25, 0.3) is 0 Å². The van der Waals surface area contributed by atoms with Crippen molar-refractivity contribution < 1.29 is 19.4 Å². The number of methoxy groups -OCH3 is 1. The quantitative estimate of drug-likeness (QED) is 0.575. The van der Waals surface area contributed by atoms with Crippen LogP contribution in [0.2, 0.25) is 0 Å². The normalized spacial score (nSPS) is 30.9. The molecule has 0 atom stereocenters. The van der Waals surface area contributed by atoms with E-state index in [0.717, 1.165) is 19.3 Å². The summed E-state index contributed by atoms with van der Waals surface area (Å²) >= 11 is 0. The second kappa shape index (κ2) is 4.64. The lowest BCUT2D eigenvalue weighted by Gasteiger charge is -2.33. The largest absolute Gasteiger partial charge is 0.480 e. The van der Waals surface area contributed by atoms with Crippen molar-refractivity contribution in [3.8, 4) is 0 Å². The minimum absolute atomic E-state index is 0.410. The second-order valence-corrected chi connectivity index (χ2v) is 4.23. The summed E-state index contributed by atoms with van der Waals surface area (Å²) in [5.41, 5.74) is -1.28. The number of aliphatic carboxylic acids is 1. The minimum atomic E-state index is -1.28. The summed E-state index contributed by atoms with van der Waals surface area (Å²) in [7, 11) is 1.25. The van der Waals surface area contributed by atoms with E-state index in [0.29, 0.717) is 18.8 Å². The van der Waals surface area contributed by atoms with E-state index in [1.54, 1.807) is 0 Å². The van der Waals surface area contributed by atoms with Crippen molar-refractivity contribution in [1.29, 1.82) is 0 Å². The Hall–Kier alpha value is -1.06. The molecule has 0 unspecified atom stereocenters. The number of ether oxygens (including phenoxy) is 1. The molecule has 86 valence electrons. The van der Waals surface area contributed by atoms with Crippen molar-refractivity contribution >= 4 is 11.9 Å². The van der Waals surface area contributed by atoms with Crippen LogP contribution in [0.4, 0.5) is 0 Å². The Balaban J connectivity index is 2.78. The van der Waals surface area contributed by atoms with Gasteiger partial charge < -0.3 is 9.84 Å². The first-order chi connectivity index (χ1) is 7.06. The van der Waals surface area contributed by atoms with Crippen molar-refractivity contribution in [3.63, 3.8) is 0 Å². The van der Waals surface area contributed by atoms with E-state index in [2.05, 4.69) is 11.7 Å². The number of esters is 1. The van der Waals surface area contributed by atoms with Gasteiger partial charge in [-0.1, -0.05) is 13.3 Å². The van der Waals surface area contributed by atoms with Crippen LogP contribution in [0.5, 0.6) is 0 Å². The number of hydrogen-bond donors (Lipinski definition) is 1. The SMILES string of the molecule is CCC1CCC(C(=O)O)(C(=O)OC)CC1. The van der Waals surface area contributed by atoms with Gasteiger partial charge in [-0.2, -0.15) is 0 Å². The van der Waals surface area contributed by atoms with Crippen LogP contribution in [0.25, 0.3) is 0 Å². The highest BCUT2D eigenvalue weighted by Gasteiger charge is 2.49. The van der Waals surface area contributed by atoms with E-state index in [9.17, 15) is 9.59 Å². The van der Waals surface area contributed by atoms with Gasteiger partial charge in [-0.3, -0.25) is 9.59 Å². The molecule has 1 fully saturated rings. The average Bonchev–Trinajstić information content (AvgIpc) is 2.27. The number of hydrogen-bond acceptors (Lipinski definition) is 3. The highest BCUT2D eigenvalue weighted by Crippen LogP contribution is 2.41. The number of rotatable bonds is 3. The van der Waals surface area contributed by atoms with Crippen molar-refractivity contribution in [1.82, 2.24) is 0 Å². The maximum atomic E-state index is 11.5. The Morgan fingerprint density at radius 2 is 1.93 bits per heavy atom. The van der Waals surface area contributed by atoms with Gasteiger partial charge in [0.2, 0.25) is 0 Å². The summed E-state index contributed by atoms with van der Waals surface area (Å²) in [6, 6.07) is 0. The molecule has 4 heteroatoms. The molecule has 0 spiro atoms. The molecule has 1 rings (SSSR count). The molecule has 15 heavy (non-hydrogen) atoms. The molecule has 0 bridgehead atoms. The molecule has 0 heterocycles. The summed E-state index contributed by atoms with van der Waals surface area (Å²) in [5, 5.41) is 9.15. The molecular weight excluding hydrogens is 196 g/mol. The highest BCUT2D eigenvalue weighted by atomic mass is 16.5. The first kappa shape index (κ1) is 12.0. The van der Waals surface area contributed by atoms with Crippen LogP contribution >= 0.6 is 0 Å². The zero-order chi connectivity index (χ0) is 11.5. The van der Waals surface area contributed by atoms with Crippen molar-refractivity contribution in [2.75, 3.05) is 7.11 Å². The van der Waals surface area contributed by atoms with E-state index in [1.807, 2.05) is 0 Å². The molecule has 0 aliphatic heterocycles. The minimum Gasteiger partial charge on any atom is -0.480 e. The smallest absolute Gasteiger partial charge is 0.323 e. The third-order valence-corrected chi connectivity index (χ3v) is 3.52. The fourth-order valence-electron chi connectivity index (χ4n) is 2.28. The Morgan fingerprint density at radius 3 is 2.27 bits per heavy atom. The molecule has 0 amide bonds. The zero-order valence-corrected chi connectivity index (χ0v) is 9.28. The van der Waals surface area contributed by atoms with Gasteiger partial charge in [-0.15, -0.1) is 0 Å². The van der Waals surface area contributed by atoms with Gasteiger partial charge in [-0.05, 0) is 31.6 Å². The monoisotopic (exact) mass is 214 g/mol. The zero-order valence-electron chi connectivity index (χ0n) is 9.28. The van der Waals surface area contributed by atoms with Crippen molar-refractivity contribution in [3.05, 3.63) is 0 Å². The van der Waals surface area contributed by atoms with E-state index >= 15 is 0 Å². The summed E-state index contributed by atoms with van der Waals surface area (Å²) in [4.78, 5) is 22.7. The molecular formula is C11H18O4. The van der Waals surface area contributed by atoms with Crippen molar-refractivity contribution in [2.24, 2.45) is 11.3 Å². The Morgan fingerprint density at radius 1 is 1.40 bits per heavy atom. The lowest BCUT2D eigenvalue weighted by Crippen LogP contribution is -2.43. The maximum Gasteiger partial charge on any atom is 0.323 e.